The highest BCUT2D eigenvalue weighted by atomic mass is 35.5. The molecule has 2 heterocycles. The van der Waals surface area contributed by atoms with Crippen molar-refractivity contribution in [1.82, 2.24) is 10.0 Å². The van der Waals surface area contributed by atoms with Crippen LogP contribution in [-0.4, -0.2) is 32.5 Å². The smallest absolute Gasteiger partial charge is 0.243 e. The lowest BCUT2D eigenvalue weighted by Gasteiger charge is -2.29. The first kappa shape index (κ1) is 17.6. The van der Waals surface area contributed by atoms with Crippen LogP contribution in [-0.2, 0) is 14.8 Å². The van der Waals surface area contributed by atoms with Crippen LogP contribution in [0.15, 0.2) is 17.0 Å². The minimum absolute atomic E-state index is 0.0302. The van der Waals surface area contributed by atoms with Gasteiger partial charge in [0, 0.05) is 31.1 Å². The molecule has 0 aromatic heterocycles. The maximum Gasteiger partial charge on any atom is 0.243 e. The van der Waals surface area contributed by atoms with E-state index in [1.165, 1.54) is 6.92 Å². The number of hydrogen-bond donors (Lipinski definition) is 3. The first-order valence-corrected chi connectivity index (χ1v) is 9.66. The van der Waals surface area contributed by atoms with E-state index in [9.17, 15) is 17.6 Å². The second-order valence-electron chi connectivity index (χ2n) is 6.37. The molecule has 2 unspecified atom stereocenters. The molecule has 2 atom stereocenters. The topological polar surface area (TPSA) is 87.3 Å². The van der Waals surface area contributed by atoms with Crippen LogP contribution in [0.3, 0.4) is 0 Å². The summed E-state index contributed by atoms with van der Waals surface area (Å²) in [5, 5.41) is 5.75. The molecule has 2 saturated heterocycles. The summed E-state index contributed by atoms with van der Waals surface area (Å²) in [6.45, 7) is 1.26. The Morgan fingerprint density at radius 1 is 1.29 bits per heavy atom. The maximum absolute atomic E-state index is 14.3. The van der Waals surface area contributed by atoms with E-state index in [1.807, 2.05) is 0 Å². The summed E-state index contributed by atoms with van der Waals surface area (Å²) in [6.07, 6.45) is 3.45. The molecule has 3 rings (SSSR count). The molecule has 2 fully saturated rings. The number of halogens is 2. The summed E-state index contributed by atoms with van der Waals surface area (Å²) in [5.74, 6) is -1.37. The minimum atomic E-state index is -4.03. The third kappa shape index (κ3) is 3.72. The lowest BCUT2D eigenvalue weighted by molar-refractivity contribution is -0.114. The molecule has 0 spiro atoms. The van der Waals surface area contributed by atoms with Crippen LogP contribution >= 0.6 is 11.6 Å². The molecule has 0 aliphatic carbocycles. The van der Waals surface area contributed by atoms with Crippen molar-refractivity contribution in [3.05, 3.63) is 23.0 Å². The van der Waals surface area contributed by atoms with Crippen molar-refractivity contribution in [1.29, 1.82) is 0 Å². The van der Waals surface area contributed by atoms with Gasteiger partial charge < -0.3 is 10.6 Å². The Morgan fingerprint density at radius 3 is 2.50 bits per heavy atom. The van der Waals surface area contributed by atoms with Crippen LogP contribution in [0.4, 0.5) is 10.1 Å². The quantitative estimate of drug-likeness (QED) is 0.751. The molecular formula is C15H19ClFN3O3S. The summed E-state index contributed by atoms with van der Waals surface area (Å²) in [4.78, 5) is 10.6. The van der Waals surface area contributed by atoms with Crippen LogP contribution < -0.4 is 15.4 Å². The van der Waals surface area contributed by atoms with Crippen LogP contribution in [0.25, 0.3) is 0 Å². The average molecular weight is 376 g/mol. The van der Waals surface area contributed by atoms with Crippen molar-refractivity contribution in [2.75, 3.05) is 5.32 Å². The normalized spacial score (nSPS) is 26.4. The molecule has 1 aromatic carbocycles. The van der Waals surface area contributed by atoms with Crippen molar-refractivity contribution < 1.29 is 17.6 Å². The zero-order chi connectivity index (χ0) is 17.5. The molecular weight excluding hydrogens is 357 g/mol. The highest BCUT2D eigenvalue weighted by molar-refractivity contribution is 7.89. The number of fused-ring (bicyclic) bond motifs is 2. The van der Waals surface area contributed by atoms with Gasteiger partial charge in [-0.25, -0.2) is 17.5 Å². The molecule has 132 valence electrons. The highest BCUT2D eigenvalue weighted by Gasteiger charge is 2.36. The first-order chi connectivity index (χ1) is 11.2. The molecule has 1 aromatic rings. The predicted molar refractivity (Wildman–Crippen MR) is 89.0 cm³/mol. The molecule has 2 aliphatic rings. The average Bonchev–Trinajstić information content (AvgIpc) is 2.80. The number of benzene rings is 1. The van der Waals surface area contributed by atoms with Gasteiger partial charge in [0.25, 0.3) is 0 Å². The molecule has 24 heavy (non-hydrogen) atoms. The highest BCUT2D eigenvalue weighted by Crippen LogP contribution is 2.30. The number of rotatable bonds is 4. The van der Waals surface area contributed by atoms with Crippen molar-refractivity contribution in [2.24, 2.45) is 0 Å². The summed E-state index contributed by atoms with van der Waals surface area (Å²) >= 11 is 5.97. The largest absolute Gasteiger partial charge is 0.325 e. The number of amides is 1. The second-order valence-corrected chi connectivity index (χ2v) is 8.46. The van der Waals surface area contributed by atoms with E-state index >= 15 is 0 Å². The van der Waals surface area contributed by atoms with Gasteiger partial charge in [-0.2, -0.15) is 0 Å². The van der Waals surface area contributed by atoms with Gasteiger partial charge in [-0.3, -0.25) is 4.79 Å². The maximum atomic E-state index is 14.3. The summed E-state index contributed by atoms with van der Waals surface area (Å²) in [5.41, 5.74) is 0.0422. The van der Waals surface area contributed by atoms with Gasteiger partial charge in [0.2, 0.25) is 15.9 Å². The molecule has 2 bridgehead atoms. The van der Waals surface area contributed by atoms with E-state index in [1.54, 1.807) is 0 Å². The third-order valence-corrected chi connectivity index (χ3v) is 6.26. The SMILES string of the molecule is CC(=O)Nc1cc(F)c(S(=O)(=O)NC2CC3CCC(C2)N3)cc1Cl. The molecule has 0 saturated carbocycles. The van der Waals surface area contributed by atoms with Crippen LogP contribution in [0, 0.1) is 5.82 Å². The van der Waals surface area contributed by atoms with E-state index in [0.29, 0.717) is 24.9 Å². The van der Waals surface area contributed by atoms with E-state index in [2.05, 4.69) is 15.4 Å². The second kappa shape index (κ2) is 6.59. The Balaban J connectivity index is 1.81. The Labute approximate surface area is 145 Å². The Hall–Kier alpha value is -1.22. The van der Waals surface area contributed by atoms with Crippen LogP contribution in [0.5, 0.6) is 0 Å². The van der Waals surface area contributed by atoms with Crippen molar-refractivity contribution >= 4 is 33.2 Å². The zero-order valence-electron chi connectivity index (χ0n) is 13.1. The van der Waals surface area contributed by atoms with Crippen molar-refractivity contribution in [3.8, 4) is 0 Å². The van der Waals surface area contributed by atoms with Gasteiger partial charge in [-0.1, -0.05) is 11.6 Å². The molecule has 1 amide bonds. The molecule has 0 radical (unpaired) electrons. The van der Waals surface area contributed by atoms with Gasteiger partial charge in [0.05, 0.1) is 10.7 Å². The lowest BCUT2D eigenvalue weighted by atomic mass is 10.0. The number of hydrogen-bond acceptors (Lipinski definition) is 4. The number of carbonyl (C=O) groups is 1. The number of anilines is 1. The van der Waals surface area contributed by atoms with Crippen LogP contribution in [0.1, 0.15) is 32.6 Å². The van der Waals surface area contributed by atoms with Crippen LogP contribution in [0.2, 0.25) is 5.02 Å². The van der Waals surface area contributed by atoms with Gasteiger partial charge in [-0.15, -0.1) is 0 Å². The van der Waals surface area contributed by atoms with Gasteiger partial charge in [0.1, 0.15) is 10.7 Å². The summed E-state index contributed by atoms with van der Waals surface area (Å²) in [6, 6.07) is 2.35. The minimum Gasteiger partial charge on any atom is -0.325 e. The zero-order valence-corrected chi connectivity index (χ0v) is 14.7. The van der Waals surface area contributed by atoms with E-state index < -0.39 is 26.6 Å². The molecule has 3 N–H and O–H groups in total. The fourth-order valence-electron chi connectivity index (χ4n) is 3.46. The standard InChI is InChI=1S/C15H19ClFN3O3S/c1-8(21)18-14-7-13(17)15(6-12(14)16)24(22,23)20-11-4-9-2-3-10(5-11)19-9/h6-7,9-11,19-20H,2-5H2,1H3,(H,18,21). The fourth-order valence-corrected chi connectivity index (χ4v) is 5.08. The van der Waals surface area contributed by atoms with E-state index in [0.717, 1.165) is 25.0 Å². The van der Waals surface area contributed by atoms with Crippen molar-refractivity contribution in [3.63, 3.8) is 0 Å². The number of piperidine rings is 1. The monoisotopic (exact) mass is 375 g/mol. The summed E-state index contributed by atoms with van der Waals surface area (Å²) < 4.78 is 41.9. The van der Waals surface area contributed by atoms with E-state index in [4.69, 9.17) is 11.6 Å². The number of nitrogens with one attached hydrogen (secondary N) is 3. The fraction of sp³-hybridized carbons (Fsp3) is 0.533. The van der Waals surface area contributed by atoms with Gasteiger partial charge >= 0.3 is 0 Å². The number of carbonyl (C=O) groups excluding carboxylic acids is 1. The van der Waals surface area contributed by atoms with Gasteiger partial charge in [0.15, 0.2) is 0 Å². The van der Waals surface area contributed by atoms with Gasteiger partial charge in [-0.05, 0) is 31.7 Å². The summed E-state index contributed by atoms with van der Waals surface area (Å²) in [7, 11) is -4.03. The lowest BCUT2D eigenvalue weighted by Crippen LogP contribution is -2.48. The Bertz CT molecular complexity index is 759. The Kier molecular flexibility index (Phi) is 4.83. The first-order valence-electron chi connectivity index (χ1n) is 7.79. The number of sulfonamides is 1. The molecule has 9 heteroatoms. The Morgan fingerprint density at radius 2 is 1.92 bits per heavy atom. The molecule has 6 nitrogen and oxygen atoms in total. The predicted octanol–water partition coefficient (Wildman–Crippen LogP) is 2.00. The van der Waals surface area contributed by atoms with E-state index in [-0.39, 0.29) is 16.8 Å². The van der Waals surface area contributed by atoms with Crippen molar-refractivity contribution in [2.45, 2.75) is 55.6 Å². The molecule has 2 aliphatic heterocycles. The third-order valence-electron chi connectivity index (χ3n) is 4.42.